The standard InChI is InChI=1S/C22H18N2O4S2/c1-2-12-23-15-11-7-6-10-14(15)16(19(23)25)18-20(26)24(22(29)30-18)17(21(27)28)13-8-4-3-5-9-13/h3-11,17H,2,12H2,1H3,(H,27,28)/b18-16-. The first-order valence-electron chi connectivity index (χ1n) is 9.44. The minimum absolute atomic E-state index is 0.123. The lowest BCUT2D eigenvalue weighted by Gasteiger charge is -2.23. The van der Waals surface area contributed by atoms with Crippen LogP contribution in [0.15, 0.2) is 59.5 Å². The number of carboxylic acids is 1. The third-order valence-electron chi connectivity index (χ3n) is 5.00. The quantitative estimate of drug-likeness (QED) is 0.565. The van der Waals surface area contributed by atoms with Crippen molar-refractivity contribution in [3.63, 3.8) is 0 Å². The summed E-state index contributed by atoms with van der Waals surface area (Å²) in [7, 11) is 0. The Kier molecular flexibility index (Phi) is 5.44. The summed E-state index contributed by atoms with van der Waals surface area (Å²) in [6.07, 6.45) is 0.767. The molecule has 2 amide bonds. The first-order valence-corrected chi connectivity index (χ1v) is 10.7. The van der Waals surface area contributed by atoms with Gasteiger partial charge in [-0.15, -0.1) is 0 Å². The molecule has 30 heavy (non-hydrogen) atoms. The number of aliphatic carboxylic acids is 1. The van der Waals surface area contributed by atoms with Gasteiger partial charge in [0.15, 0.2) is 6.04 Å². The highest BCUT2D eigenvalue weighted by molar-refractivity contribution is 8.26. The van der Waals surface area contributed by atoms with Crippen LogP contribution in [0.2, 0.25) is 0 Å². The van der Waals surface area contributed by atoms with Gasteiger partial charge < -0.3 is 10.0 Å². The number of fused-ring (bicyclic) bond motifs is 1. The molecule has 2 aliphatic heterocycles. The maximum Gasteiger partial charge on any atom is 0.331 e. The van der Waals surface area contributed by atoms with Crippen molar-refractivity contribution < 1.29 is 19.5 Å². The van der Waals surface area contributed by atoms with E-state index in [2.05, 4.69) is 0 Å². The highest BCUT2D eigenvalue weighted by Crippen LogP contribution is 2.46. The number of rotatable bonds is 5. The number of hydrogen-bond donors (Lipinski definition) is 1. The maximum atomic E-state index is 13.4. The van der Waals surface area contributed by atoms with E-state index in [0.29, 0.717) is 17.7 Å². The largest absolute Gasteiger partial charge is 0.479 e. The number of benzene rings is 2. The lowest BCUT2D eigenvalue weighted by Crippen LogP contribution is -2.37. The molecule has 0 radical (unpaired) electrons. The van der Waals surface area contributed by atoms with Crippen molar-refractivity contribution in [1.82, 2.24) is 4.90 Å². The molecule has 2 aromatic rings. The SMILES string of the molecule is CCCN1C(=O)/C(=C2\SC(=S)N(C(C(=O)O)c3ccccc3)C2=O)c2ccccc21. The van der Waals surface area contributed by atoms with Crippen molar-refractivity contribution in [2.75, 3.05) is 11.4 Å². The number of thiocarbonyl (C=S) groups is 1. The first-order chi connectivity index (χ1) is 14.5. The predicted molar refractivity (Wildman–Crippen MR) is 120 cm³/mol. The van der Waals surface area contributed by atoms with Gasteiger partial charge in [-0.25, -0.2) is 4.79 Å². The van der Waals surface area contributed by atoms with Crippen LogP contribution in [-0.4, -0.2) is 38.7 Å². The lowest BCUT2D eigenvalue weighted by molar-refractivity contribution is -0.145. The van der Waals surface area contributed by atoms with E-state index < -0.39 is 17.9 Å². The summed E-state index contributed by atoms with van der Waals surface area (Å²) >= 11 is 6.37. The average Bonchev–Trinajstić information content (AvgIpc) is 3.17. The van der Waals surface area contributed by atoms with Gasteiger partial charge in [0, 0.05) is 12.1 Å². The van der Waals surface area contributed by atoms with Crippen LogP contribution in [0.25, 0.3) is 5.57 Å². The van der Waals surface area contributed by atoms with Crippen molar-refractivity contribution in [3.8, 4) is 0 Å². The van der Waals surface area contributed by atoms with Gasteiger partial charge >= 0.3 is 5.97 Å². The Morgan fingerprint density at radius 1 is 1.07 bits per heavy atom. The minimum Gasteiger partial charge on any atom is -0.479 e. The van der Waals surface area contributed by atoms with Crippen LogP contribution in [0.1, 0.15) is 30.5 Å². The number of para-hydroxylation sites is 1. The Morgan fingerprint density at radius 3 is 2.40 bits per heavy atom. The van der Waals surface area contributed by atoms with Crippen molar-refractivity contribution in [3.05, 3.63) is 70.6 Å². The minimum atomic E-state index is -1.25. The second-order valence-electron chi connectivity index (χ2n) is 6.87. The molecule has 1 saturated heterocycles. The monoisotopic (exact) mass is 438 g/mol. The van der Waals surface area contributed by atoms with E-state index in [-0.39, 0.29) is 20.7 Å². The number of amides is 2. The van der Waals surface area contributed by atoms with Crippen molar-refractivity contribution >= 4 is 57.3 Å². The Labute approximate surface area is 183 Å². The summed E-state index contributed by atoms with van der Waals surface area (Å²) < 4.78 is 0.123. The molecule has 0 saturated carbocycles. The molecule has 0 aromatic heterocycles. The third-order valence-corrected chi connectivity index (χ3v) is 6.40. The molecule has 1 unspecified atom stereocenters. The smallest absolute Gasteiger partial charge is 0.331 e. The molecule has 1 atom stereocenters. The number of hydrogen-bond acceptors (Lipinski definition) is 5. The van der Waals surface area contributed by atoms with Gasteiger partial charge in [-0.3, -0.25) is 14.5 Å². The van der Waals surface area contributed by atoms with Gasteiger partial charge in [-0.05, 0) is 18.1 Å². The second-order valence-corrected chi connectivity index (χ2v) is 8.52. The summed E-state index contributed by atoms with van der Waals surface area (Å²) in [6.45, 7) is 2.51. The molecular weight excluding hydrogens is 420 g/mol. The van der Waals surface area contributed by atoms with Gasteiger partial charge in [0.25, 0.3) is 11.8 Å². The average molecular weight is 439 g/mol. The van der Waals surface area contributed by atoms with Crippen molar-refractivity contribution in [1.29, 1.82) is 0 Å². The fraction of sp³-hybridized carbons (Fsp3) is 0.182. The van der Waals surface area contributed by atoms with Crippen molar-refractivity contribution in [2.24, 2.45) is 0 Å². The number of nitrogens with zero attached hydrogens (tertiary/aromatic N) is 2. The van der Waals surface area contributed by atoms with Gasteiger partial charge in [-0.1, -0.05) is 79.4 Å². The van der Waals surface area contributed by atoms with Crippen LogP contribution in [0.3, 0.4) is 0 Å². The maximum absolute atomic E-state index is 13.4. The van der Waals surface area contributed by atoms with Crippen LogP contribution in [0.5, 0.6) is 0 Å². The molecule has 4 rings (SSSR count). The van der Waals surface area contributed by atoms with Gasteiger partial charge in [0.05, 0.1) is 16.2 Å². The molecule has 2 aliphatic rings. The molecule has 6 nitrogen and oxygen atoms in total. The number of anilines is 1. The van der Waals surface area contributed by atoms with Gasteiger partial charge in [0.1, 0.15) is 4.32 Å². The number of carbonyl (C=O) groups is 3. The van der Waals surface area contributed by atoms with Crippen LogP contribution in [-0.2, 0) is 14.4 Å². The van der Waals surface area contributed by atoms with E-state index in [1.807, 2.05) is 25.1 Å². The summed E-state index contributed by atoms with van der Waals surface area (Å²) in [5.41, 5.74) is 2.15. The normalized spacial score (nSPS) is 19.4. The zero-order valence-electron chi connectivity index (χ0n) is 16.1. The summed E-state index contributed by atoms with van der Waals surface area (Å²) in [5, 5.41) is 9.84. The van der Waals surface area contributed by atoms with Crippen LogP contribution in [0.4, 0.5) is 5.69 Å². The summed E-state index contributed by atoms with van der Waals surface area (Å²) in [6, 6.07) is 14.5. The molecule has 152 valence electrons. The topological polar surface area (TPSA) is 77.9 Å². The Balaban J connectivity index is 1.82. The number of carboxylic acid groups (broad SMARTS) is 1. The van der Waals surface area contributed by atoms with Crippen LogP contribution >= 0.6 is 24.0 Å². The molecule has 2 aromatic carbocycles. The zero-order chi connectivity index (χ0) is 21.4. The van der Waals surface area contributed by atoms with Gasteiger partial charge in [0.2, 0.25) is 0 Å². The molecule has 0 bridgehead atoms. The molecule has 1 N–H and O–H groups in total. The summed E-state index contributed by atoms with van der Waals surface area (Å²) in [5.74, 6) is -2.00. The lowest BCUT2D eigenvalue weighted by atomic mass is 10.0. The predicted octanol–water partition coefficient (Wildman–Crippen LogP) is 3.84. The van der Waals surface area contributed by atoms with E-state index in [1.165, 1.54) is 0 Å². The van der Waals surface area contributed by atoms with E-state index >= 15 is 0 Å². The van der Waals surface area contributed by atoms with E-state index in [9.17, 15) is 19.5 Å². The Hall–Kier alpha value is -2.97. The van der Waals surface area contributed by atoms with E-state index in [4.69, 9.17) is 12.2 Å². The summed E-state index contributed by atoms with van der Waals surface area (Å²) in [4.78, 5) is 41.5. The molecule has 1 fully saturated rings. The molecule has 8 heteroatoms. The zero-order valence-corrected chi connectivity index (χ0v) is 17.7. The van der Waals surface area contributed by atoms with Gasteiger partial charge in [-0.2, -0.15) is 0 Å². The first kappa shape index (κ1) is 20.3. The molecule has 0 aliphatic carbocycles. The Bertz CT molecular complexity index is 1100. The van der Waals surface area contributed by atoms with Crippen LogP contribution in [0, 0.1) is 0 Å². The number of carbonyl (C=O) groups excluding carboxylic acids is 2. The highest BCUT2D eigenvalue weighted by Gasteiger charge is 2.46. The molecule has 0 spiro atoms. The number of thioether (sulfide) groups is 1. The fourth-order valence-corrected chi connectivity index (χ4v) is 5.12. The molecular formula is C22H18N2O4S2. The van der Waals surface area contributed by atoms with Crippen LogP contribution < -0.4 is 4.90 Å². The second kappa shape index (κ2) is 8.04. The van der Waals surface area contributed by atoms with E-state index in [0.717, 1.165) is 28.8 Å². The van der Waals surface area contributed by atoms with Crippen molar-refractivity contribution in [2.45, 2.75) is 19.4 Å². The van der Waals surface area contributed by atoms with E-state index in [1.54, 1.807) is 41.3 Å². The highest BCUT2D eigenvalue weighted by atomic mass is 32.2. The Morgan fingerprint density at radius 2 is 1.73 bits per heavy atom. The molecule has 2 heterocycles. The third kappa shape index (κ3) is 3.22. The fourth-order valence-electron chi connectivity index (χ4n) is 3.74.